The van der Waals surface area contributed by atoms with Gasteiger partial charge in [0.05, 0.1) is 5.02 Å². The van der Waals surface area contributed by atoms with E-state index in [2.05, 4.69) is 20.6 Å². The molecule has 2 N–H and O–H groups in total. The topological polar surface area (TPSA) is 138 Å². The number of fused-ring (bicyclic) bond motifs is 1. The van der Waals surface area contributed by atoms with Gasteiger partial charge in [-0.2, -0.15) is 0 Å². The normalized spacial score (nSPS) is 17.1. The Labute approximate surface area is 224 Å². The van der Waals surface area contributed by atoms with Crippen LogP contribution in [0.3, 0.4) is 0 Å². The van der Waals surface area contributed by atoms with E-state index in [1.165, 1.54) is 36.2 Å². The molecule has 0 unspecified atom stereocenters. The summed E-state index contributed by atoms with van der Waals surface area (Å²) in [6, 6.07) is 6.22. The highest BCUT2D eigenvalue weighted by Crippen LogP contribution is 2.33. The molecule has 0 atom stereocenters. The van der Waals surface area contributed by atoms with Crippen molar-refractivity contribution in [2.24, 2.45) is 5.92 Å². The number of anilines is 2. The SMILES string of the molecule is CC(=O)N(C)[C@H]1CC[C@H](C(=O)Nc2c(C(=O)Nc3ccc(Cl)cn3)oc3ccc(C(=O)N(C)C)nc23)CC1. The summed E-state index contributed by atoms with van der Waals surface area (Å²) in [5, 5.41) is 5.88. The van der Waals surface area contributed by atoms with Crippen LogP contribution < -0.4 is 10.6 Å². The fourth-order valence-corrected chi connectivity index (χ4v) is 4.54. The zero-order chi connectivity index (χ0) is 27.6. The van der Waals surface area contributed by atoms with Crippen molar-refractivity contribution in [2.75, 3.05) is 31.8 Å². The van der Waals surface area contributed by atoms with Crippen molar-refractivity contribution < 1.29 is 23.6 Å². The summed E-state index contributed by atoms with van der Waals surface area (Å²) >= 11 is 5.88. The number of amides is 4. The van der Waals surface area contributed by atoms with Crippen LogP contribution in [0.2, 0.25) is 5.02 Å². The average Bonchev–Trinajstić information content (AvgIpc) is 3.26. The van der Waals surface area contributed by atoms with Gasteiger partial charge in [0.2, 0.25) is 17.6 Å². The first-order valence-corrected chi connectivity index (χ1v) is 12.5. The molecule has 0 spiro atoms. The molecule has 0 radical (unpaired) electrons. The highest BCUT2D eigenvalue weighted by molar-refractivity contribution is 6.30. The van der Waals surface area contributed by atoms with Gasteiger partial charge in [0.25, 0.3) is 11.8 Å². The molecule has 12 heteroatoms. The van der Waals surface area contributed by atoms with Gasteiger partial charge >= 0.3 is 0 Å². The summed E-state index contributed by atoms with van der Waals surface area (Å²) in [5.74, 6) is -1.55. The van der Waals surface area contributed by atoms with Gasteiger partial charge in [-0.05, 0) is 49.9 Å². The molecular formula is C26H29ClN6O5. The second kappa shape index (κ2) is 11.2. The zero-order valence-corrected chi connectivity index (χ0v) is 22.3. The second-order valence-electron chi connectivity index (χ2n) is 9.49. The number of rotatable bonds is 6. The maximum atomic E-state index is 13.3. The third kappa shape index (κ3) is 5.77. The van der Waals surface area contributed by atoms with Gasteiger partial charge in [0.1, 0.15) is 22.7 Å². The van der Waals surface area contributed by atoms with Gasteiger partial charge in [0, 0.05) is 46.2 Å². The van der Waals surface area contributed by atoms with Crippen LogP contribution >= 0.6 is 11.6 Å². The number of hydrogen-bond acceptors (Lipinski definition) is 7. The summed E-state index contributed by atoms with van der Waals surface area (Å²) in [5.41, 5.74) is 0.632. The van der Waals surface area contributed by atoms with Crippen LogP contribution in [-0.2, 0) is 9.59 Å². The molecule has 4 rings (SSSR count). The molecule has 200 valence electrons. The lowest BCUT2D eigenvalue weighted by atomic mass is 9.85. The van der Waals surface area contributed by atoms with Crippen LogP contribution in [0.5, 0.6) is 0 Å². The smallest absolute Gasteiger partial charge is 0.294 e. The van der Waals surface area contributed by atoms with E-state index < -0.39 is 5.91 Å². The van der Waals surface area contributed by atoms with E-state index in [0.717, 1.165) is 0 Å². The molecule has 3 heterocycles. The first kappa shape index (κ1) is 27.1. The molecule has 1 fully saturated rings. The molecule has 4 amide bonds. The number of carbonyl (C=O) groups excluding carboxylic acids is 4. The van der Waals surface area contributed by atoms with E-state index in [9.17, 15) is 19.2 Å². The predicted molar refractivity (Wildman–Crippen MR) is 142 cm³/mol. The first-order chi connectivity index (χ1) is 18.0. The van der Waals surface area contributed by atoms with E-state index in [4.69, 9.17) is 16.0 Å². The van der Waals surface area contributed by atoms with Crippen molar-refractivity contribution >= 4 is 57.8 Å². The molecule has 1 aliphatic carbocycles. The summed E-state index contributed by atoms with van der Waals surface area (Å²) in [6.45, 7) is 1.53. The maximum absolute atomic E-state index is 13.3. The minimum Gasteiger partial charge on any atom is -0.447 e. The maximum Gasteiger partial charge on any atom is 0.294 e. The van der Waals surface area contributed by atoms with Crippen molar-refractivity contribution in [3.05, 3.63) is 46.9 Å². The number of hydrogen-bond donors (Lipinski definition) is 2. The van der Waals surface area contributed by atoms with Gasteiger partial charge in [0.15, 0.2) is 5.58 Å². The van der Waals surface area contributed by atoms with Gasteiger partial charge in [-0.1, -0.05) is 11.6 Å². The minimum absolute atomic E-state index is 0.0113. The fraction of sp³-hybridized carbons (Fsp3) is 0.385. The molecule has 3 aromatic heterocycles. The van der Waals surface area contributed by atoms with Crippen LogP contribution in [0.15, 0.2) is 34.9 Å². The Morgan fingerprint density at radius 3 is 2.32 bits per heavy atom. The lowest BCUT2D eigenvalue weighted by molar-refractivity contribution is -0.130. The van der Waals surface area contributed by atoms with Crippen LogP contribution in [0.25, 0.3) is 11.1 Å². The largest absolute Gasteiger partial charge is 0.447 e. The number of carbonyl (C=O) groups is 4. The predicted octanol–water partition coefficient (Wildman–Crippen LogP) is 3.81. The van der Waals surface area contributed by atoms with Crippen molar-refractivity contribution in [3.63, 3.8) is 0 Å². The summed E-state index contributed by atoms with van der Waals surface area (Å²) in [4.78, 5) is 62.3. The quantitative estimate of drug-likeness (QED) is 0.485. The van der Waals surface area contributed by atoms with E-state index in [1.807, 2.05) is 0 Å². The molecule has 0 saturated heterocycles. The Kier molecular flexibility index (Phi) is 7.96. The molecule has 3 aromatic rings. The highest BCUT2D eigenvalue weighted by atomic mass is 35.5. The van der Waals surface area contributed by atoms with Gasteiger partial charge < -0.3 is 24.9 Å². The molecule has 0 aromatic carbocycles. The molecular weight excluding hydrogens is 512 g/mol. The van der Waals surface area contributed by atoms with E-state index >= 15 is 0 Å². The first-order valence-electron chi connectivity index (χ1n) is 12.2. The van der Waals surface area contributed by atoms with Gasteiger partial charge in [-0.15, -0.1) is 0 Å². The van der Waals surface area contributed by atoms with E-state index in [0.29, 0.717) is 30.7 Å². The van der Waals surface area contributed by atoms with Crippen molar-refractivity contribution in [2.45, 2.75) is 38.6 Å². The molecule has 0 aliphatic heterocycles. The number of furan rings is 1. The zero-order valence-electron chi connectivity index (χ0n) is 21.6. The van der Waals surface area contributed by atoms with Crippen LogP contribution in [0.1, 0.15) is 53.7 Å². The molecule has 1 aliphatic rings. The lowest BCUT2D eigenvalue weighted by Gasteiger charge is -2.33. The summed E-state index contributed by atoms with van der Waals surface area (Å²) in [6.07, 6.45) is 3.93. The van der Waals surface area contributed by atoms with Crippen molar-refractivity contribution in [1.82, 2.24) is 19.8 Å². The highest BCUT2D eigenvalue weighted by Gasteiger charge is 2.32. The molecule has 0 bridgehead atoms. The van der Waals surface area contributed by atoms with Crippen LogP contribution in [0, 0.1) is 5.92 Å². The Bertz CT molecular complexity index is 1380. The van der Waals surface area contributed by atoms with E-state index in [1.54, 1.807) is 32.1 Å². The number of halogens is 1. The van der Waals surface area contributed by atoms with Gasteiger partial charge in [-0.25, -0.2) is 9.97 Å². The minimum atomic E-state index is -0.652. The Morgan fingerprint density at radius 2 is 1.71 bits per heavy atom. The Balaban J connectivity index is 1.63. The van der Waals surface area contributed by atoms with E-state index in [-0.39, 0.29) is 63.7 Å². The Hall–Kier alpha value is -3.99. The molecule has 11 nitrogen and oxygen atoms in total. The number of aromatic nitrogens is 2. The summed E-state index contributed by atoms with van der Waals surface area (Å²) in [7, 11) is 4.97. The molecule has 1 saturated carbocycles. The monoisotopic (exact) mass is 540 g/mol. The molecule has 38 heavy (non-hydrogen) atoms. The number of nitrogens with zero attached hydrogens (tertiary/aromatic N) is 4. The van der Waals surface area contributed by atoms with Crippen molar-refractivity contribution in [3.8, 4) is 0 Å². The van der Waals surface area contributed by atoms with Gasteiger partial charge in [-0.3, -0.25) is 19.2 Å². The van der Waals surface area contributed by atoms with Crippen LogP contribution in [0.4, 0.5) is 11.5 Å². The lowest BCUT2D eigenvalue weighted by Crippen LogP contribution is -2.40. The third-order valence-corrected chi connectivity index (χ3v) is 6.92. The summed E-state index contributed by atoms with van der Waals surface area (Å²) < 4.78 is 5.80. The second-order valence-corrected chi connectivity index (χ2v) is 9.93. The average molecular weight is 541 g/mol. The van der Waals surface area contributed by atoms with Crippen molar-refractivity contribution in [1.29, 1.82) is 0 Å². The third-order valence-electron chi connectivity index (χ3n) is 6.69. The fourth-order valence-electron chi connectivity index (χ4n) is 4.43. The standard InChI is InChI=1S/C26H29ClN6O5/c1-14(34)33(4)17-8-5-15(6-9-17)24(35)31-22-21-19(11-10-18(29-21)26(37)32(2)3)38-23(22)25(36)30-20-12-7-16(27)13-28-20/h7,10-13,15,17H,5-6,8-9H2,1-4H3,(H,31,35)(H,28,30,36)/t15-,17-. The van der Waals surface area contributed by atoms with Crippen LogP contribution in [-0.4, -0.2) is 70.6 Å². The number of pyridine rings is 2. The number of nitrogens with one attached hydrogen (secondary N) is 2. The Morgan fingerprint density at radius 1 is 1.00 bits per heavy atom.